The smallest absolute Gasteiger partial charge is 0.271 e. The number of nitrogens with zero attached hydrogens (tertiary/aromatic N) is 4. The molecular weight excluding hydrogens is 466 g/mol. The summed E-state index contributed by atoms with van der Waals surface area (Å²) in [6.07, 6.45) is 3.60. The van der Waals surface area contributed by atoms with E-state index >= 15 is 0 Å². The van der Waals surface area contributed by atoms with Gasteiger partial charge in [0.1, 0.15) is 6.04 Å². The highest BCUT2D eigenvalue weighted by atomic mass is 32.1. The summed E-state index contributed by atoms with van der Waals surface area (Å²) in [7, 11) is 1.87. The maximum absolute atomic E-state index is 13.6. The Morgan fingerprint density at radius 2 is 1.94 bits per heavy atom. The minimum Gasteiger partial charge on any atom is -0.322 e. The molecule has 5 rings (SSSR count). The zero-order chi connectivity index (χ0) is 24.0. The summed E-state index contributed by atoms with van der Waals surface area (Å²) in [6, 6.07) is 11.0. The number of anilines is 1. The molecule has 1 atom stereocenters. The normalized spacial score (nSPS) is 15.9. The van der Waals surface area contributed by atoms with Crippen LogP contribution in [0.5, 0.6) is 0 Å². The van der Waals surface area contributed by atoms with Gasteiger partial charge in [-0.25, -0.2) is 4.99 Å². The number of allylic oxidation sites excluding steroid dienone is 1. The molecule has 1 N–H and O–H groups in total. The molecule has 4 aromatic rings. The predicted octanol–water partition coefficient (Wildman–Crippen LogP) is 3.29. The maximum Gasteiger partial charge on any atom is 0.271 e. The monoisotopic (exact) mass is 489 g/mol. The summed E-state index contributed by atoms with van der Waals surface area (Å²) >= 11 is 2.85. The number of hydrogen-bond acceptors (Lipinski definition) is 6. The van der Waals surface area contributed by atoms with E-state index in [1.165, 1.54) is 22.7 Å². The third-order valence-electron chi connectivity index (χ3n) is 6.03. The van der Waals surface area contributed by atoms with Crippen LogP contribution in [-0.2, 0) is 11.8 Å². The topological polar surface area (TPSA) is 81.3 Å². The number of benzene rings is 1. The van der Waals surface area contributed by atoms with Crippen molar-refractivity contribution in [1.29, 1.82) is 0 Å². The molecule has 9 heteroatoms. The predicted molar refractivity (Wildman–Crippen MR) is 136 cm³/mol. The van der Waals surface area contributed by atoms with E-state index in [9.17, 15) is 9.59 Å². The lowest BCUT2D eigenvalue weighted by molar-refractivity contribution is -0.113. The van der Waals surface area contributed by atoms with Crippen LogP contribution >= 0.6 is 22.7 Å². The van der Waals surface area contributed by atoms with Crippen LogP contribution in [-0.4, -0.2) is 20.3 Å². The second-order valence-electron chi connectivity index (χ2n) is 8.18. The van der Waals surface area contributed by atoms with Crippen molar-refractivity contribution in [3.8, 4) is 0 Å². The van der Waals surface area contributed by atoms with Gasteiger partial charge in [-0.05, 0) is 49.9 Å². The summed E-state index contributed by atoms with van der Waals surface area (Å²) in [6.45, 7) is 5.74. The molecule has 1 aliphatic heterocycles. The lowest BCUT2D eigenvalue weighted by Crippen LogP contribution is -2.40. The molecule has 4 heterocycles. The Morgan fingerprint density at radius 1 is 1.15 bits per heavy atom. The summed E-state index contributed by atoms with van der Waals surface area (Å²) in [4.78, 5) is 33.4. The Kier molecular flexibility index (Phi) is 5.66. The first-order valence-electron chi connectivity index (χ1n) is 10.8. The van der Waals surface area contributed by atoms with Gasteiger partial charge in [-0.3, -0.25) is 18.8 Å². The molecule has 0 spiro atoms. The van der Waals surface area contributed by atoms with Crippen LogP contribution in [0.3, 0.4) is 0 Å². The van der Waals surface area contributed by atoms with Crippen molar-refractivity contribution >= 4 is 40.3 Å². The maximum atomic E-state index is 13.6. The Balaban J connectivity index is 1.66. The van der Waals surface area contributed by atoms with E-state index in [1.54, 1.807) is 15.4 Å². The van der Waals surface area contributed by atoms with Crippen LogP contribution in [0.1, 0.15) is 34.7 Å². The Bertz CT molecular complexity index is 1620. The van der Waals surface area contributed by atoms with Crippen molar-refractivity contribution in [2.75, 3.05) is 5.32 Å². The van der Waals surface area contributed by atoms with Crippen LogP contribution < -0.4 is 20.2 Å². The minimum atomic E-state index is -0.544. The minimum absolute atomic E-state index is 0.168. The van der Waals surface area contributed by atoms with Crippen molar-refractivity contribution in [3.63, 3.8) is 0 Å². The number of carbonyl (C=O) groups excluding carboxylic acids is 1. The molecule has 0 aliphatic carbocycles. The molecule has 0 saturated heterocycles. The molecule has 1 aliphatic rings. The van der Waals surface area contributed by atoms with Gasteiger partial charge in [0.05, 0.1) is 22.0 Å². The van der Waals surface area contributed by atoms with Gasteiger partial charge in [-0.2, -0.15) is 5.10 Å². The number of aromatic nitrogens is 3. The molecule has 1 amide bonds. The average molecular weight is 490 g/mol. The number of fused-ring (bicyclic) bond motifs is 1. The van der Waals surface area contributed by atoms with Gasteiger partial charge in [0.2, 0.25) is 0 Å². The first-order valence-corrected chi connectivity index (χ1v) is 12.5. The number of carbonyl (C=O) groups is 1. The van der Waals surface area contributed by atoms with E-state index in [-0.39, 0.29) is 11.5 Å². The summed E-state index contributed by atoms with van der Waals surface area (Å²) in [5, 5.41) is 9.25. The molecule has 34 heavy (non-hydrogen) atoms. The lowest BCUT2D eigenvalue weighted by Gasteiger charge is -2.24. The largest absolute Gasteiger partial charge is 0.322 e. The average Bonchev–Trinajstić information content (AvgIpc) is 3.52. The molecule has 0 fully saturated rings. The number of thiophene rings is 1. The second kappa shape index (κ2) is 8.66. The molecule has 0 radical (unpaired) electrons. The lowest BCUT2D eigenvalue weighted by atomic mass is 10.0. The fourth-order valence-electron chi connectivity index (χ4n) is 4.03. The Hall–Kier alpha value is -3.56. The number of thiazole rings is 1. The van der Waals surface area contributed by atoms with E-state index in [4.69, 9.17) is 0 Å². The first-order chi connectivity index (χ1) is 16.3. The van der Waals surface area contributed by atoms with E-state index in [1.807, 2.05) is 75.7 Å². The van der Waals surface area contributed by atoms with Gasteiger partial charge in [0, 0.05) is 28.9 Å². The van der Waals surface area contributed by atoms with Crippen molar-refractivity contribution in [1.82, 2.24) is 14.3 Å². The van der Waals surface area contributed by atoms with Crippen molar-refractivity contribution < 1.29 is 4.79 Å². The highest BCUT2D eigenvalue weighted by Crippen LogP contribution is 2.33. The number of nitrogens with one attached hydrogen (secondary N) is 1. The first kappa shape index (κ1) is 22.2. The number of hydrogen-bond donors (Lipinski definition) is 1. The Morgan fingerprint density at radius 3 is 2.62 bits per heavy atom. The fourth-order valence-corrected chi connectivity index (χ4v) is 5.89. The zero-order valence-corrected chi connectivity index (χ0v) is 20.8. The van der Waals surface area contributed by atoms with Crippen LogP contribution in [0.15, 0.2) is 69.0 Å². The van der Waals surface area contributed by atoms with Crippen LogP contribution in [0.25, 0.3) is 6.08 Å². The van der Waals surface area contributed by atoms with E-state index in [0.29, 0.717) is 20.6 Å². The number of rotatable bonds is 4. The van der Waals surface area contributed by atoms with Crippen LogP contribution in [0.4, 0.5) is 5.69 Å². The van der Waals surface area contributed by atoms with Crippen LogP contribution in [0, 0.1) is 13.8 Å². The van der Waals surface area contributed by atoms with E-state index < -0.39 is 6.04 Å². The quantitative estimate of drug-likeness (QED) is 0.478. The third-order valence-corrected chi connectivity index (χ3v) is 7.94. The molecule has 172 valence electrons. The fraction of sp³-hybridized carbons (Fsp3) is 0.200. The standard InChI is InChI=1S/C25H23N5O2S2/c1-14-8-5-6-9-18(14)28-23(31)21-15(2)27-25-30(22(21)19-10-7-11-33-19)24(32)20(34-25)12-17-13-26-29(4)16(17)3/h5-13,22H,1-4H3,(H,28,31)/b20-12+/t22-/m1/s1. The molecular formula is C25H23N5O2S2. The van der Waals surface area contributed by atoms with Crippen molar-refractivity contribution in [2.45, 2.75) is 26.8 Å². The SMILES string of the molecule is CC1=C(C(=O)Nc2ccccc2C)[C@@H](c2cccs2)n2c(s/c(=C/c3cnn(C)c3C)c2=O)=N1. The molecule has 7 nitrogen and oxygen atoms in total. The van der Waals surface area contributed by atoms with Crippen LogP contribution in [0.2, 0.25) is 0 Å². The highest BCUT2D eigenvalue weighted by Gasteiger charge is 2.33. The van der Waals surface area contributed by atoms with E-state index in [2.05, 4.69) is 15.4 Å². The van der Waals surface area contributed by atoms with Gasteiger partial charge in [0.15, 0.2) is 4.80 Å². The van der Waals surface area contributed by atoms with Gasteiger partial charge in [0.25, 0.3) is 11.5 Å². The molecule has 0 unspecified atom stereocenters. The second-order valence-corrected chi connectivity index (χ2v) is 10.2. The molecule has 1 aromatic carbocycles. The molecule has 3 aromatic heterocycles. The van der Waals surface area contributed by atoms with Crippen molar-refractivity contribution in [2.24, 2.45) is 12.0 Å². The van der Waals surface area contributed by atoms with Crippen molar-refractivity contribution in [3.05, 3.63) is 101 Å². The zero-order valence-electron chi connectivity index (χ0n) is 19.2. The number of para-hydroxylation sites is 1. The Labute approximate surface area is 204 Å². The van der Waals surface area contributed by atoms with Gasteiger partial charge >= 0.3 is 0 Å². The number of amides is 1. The summed E-state index contributed by atoms with van der Waals surface area (Å²) in [5.74, 6) is -0.258. The van der Waals surface area contributed by atoms with Gasteiger partial charge < -0.3 is 5.32 Å². The van der Waals surface area contributed by atoms with Gasteiger partial charge in [-0.1, -0.05) is 35.6 Å². The van der Waals surface area contributed by atoms with E-state index in [0.717, 1.165) is 27.4 Å². The van der Waals surface area contributed by atoms with Gasteiger partial charge in [-0.15, -0.1) is 11.3 Å². The molecule has 0 saturated carbocycles. The summed E-state index contributed by atoms with van der Waals surface area (Å²) < 4.78 is 3.98. The summed E-state index contributed by atoms with van der Waals surface area (Å²) in [5.41, 5.74) is 4.47. The number of aryl methyl sites for hydroxylation is 2. The third kappa shape index (κ3) is 3.76. The molecule has 0 bridgehead atoms. The highest BCUT2D eigenvalue weighted by molar-refractivity contribution is 7.10.